The van der Waals surface area contributed by atoms with Crippen molar-refractivity contribution in [1.82, 2.24) is 10.9 Å². The molecule has 9 heteroatoms. The van der Waals surface area contributed by atoms with Crippen LogP contribution in [0.25, 0.3) is 0 Å². The highest BCUT2D eigenvalue weighted by atomic mass is 16.6. The van der Waals surface area contributed by atoms with Crippen molar-refractivity contribution in [2.24, 2.45) is 0 Å². The molecule has 0 aliphatic carbocycles. The van der Waals surface area contributed by atoms with Crippen LogP contribution in [-0.2, 0) is 0 Å². The van der Waals surface area contributed by atoms with Gasteiger partial charge in [0.2, 0.25) is 0 Å². The van der Waals surface area contributed by atoms with Crippen molar-refractivity contribution in [3.63, 3.8) is 0 Å². The highest BCUT2D eigenvalue weighted by molar-refractivity contribution is 6.05. The van der Waals surface area contributed by atoms with E-state index in [2.05, 4.69) is 16.2 Å². The van der Waals surface area contributed by atoms with Gasteiger partial charge < -0.3 is 5.32 Å². The van der Waals surface area contributed by atoms with E-state index in [-0.39, 0.29) is 22.7 Å². The number of aryl methyl sites for hydroxylation is 1. The first-order valence-corrected chi connectivity index (χ1v) is 9.17. The number of nitrogens with one attached hydrogen (secondary N) is 3. The Balaban J connectivity index is 1.60. The summed E-state index contributed by atoms with van der Waals surface area (Å²) in [6.45, 7) is 1.89. The molecule has 3 amide bonds. The molecule has 0 aromatic heterocycles. The van der Waals surface area contributed by atoms with Gasteiger partial charge in [-0.05, 0) is 49.4 Å². The van der Waals surface area contributed by atoms with E-state index in [9.17, 15) is 24.5 Å². The van der Waals surface area contributed by atoms with E-state index in [0.29, 0.717) is 11.3 Å². The molecule has 0 heterocycles. The van der Waals surface area contributed by atoms with Crippen LogP contribution in [0.4, 0.5) is 11.4 Å². The Morgan fingerprint density at radius 2 is 1.45 bits per heavy atom. The molecule has 0 bridgehead atoms. The summed E-state index contributed by atoms with van der Waals surface area (Å²) in [4.78, 5) is 47.0. The van der Waals surface area contributed by atoms with Crippen molar-refractivity contribution in [2.45, 2.75) is 6.92 Å². The lowest BCUT2D eigenvalue weighted by molar-refractivity contribution is -0.385. The zero-order valence-electron chi connectivity index (χ0n) is 16.4. The summed E-state index contributed by atoms with van der Waals surface area (Å²) >= 11 is 0. The van der Waals surface area contributed by atoms with Gasteiger partial charge in [-0.25, -0.2) is 0 Å². The normalized spacial score (nSPS) is 10.1. The predicted octanol–water partition coefficient (Wildman–Crippen LogP) is 3.23. The van der Waals surface area contributed by atoms with E-state index >= 15 is 0 Å². The lowest BCUT2D eigenvalue weighted by Gasteiger charge is -2.09. The number of anilines is 1. The average Bonchev–Trinajstić information content (AvgIpc) is 2.77. The maximum Gasteiger partial charge on any atom is 0.282 e. The fourth-order valence-corrected chi connectivity index (χ4v) is 2.77. The van der Waals surface area contributed by atoms with Crippen molar-refractivity contribution >= 4 is 29.1 Å². The van der Waals surface area contributed by atoms with Crippen LogP contribution in [0.1, 0.15) is 36.6 Å². The van der Waals surface area contributed by atoms with Crippen LogP contribution in [0.2, 0.25) is 0 Å². The van der Waals surface area contributed by atoms with Crippen LogP contribution in [0.3, 0.4) is 0 Å². The first-order chi connectivity index (χ1) is 14.8. The minimum Gasteiger partial charge on any atom is -0.322 e. The van der Waals surface area contributed by atoms with Crippen molar-refractivity contribution < 1.29 is 19.3 Å². The number of para-hydroxylation sites is 1. The number of amides is 3. The molecule has 31 heavy (non-hydrogen) atoms. The summed E-state index contributed by atoms with van der Waals surface area (Å²) < 4.78 is 0. The molecule has 156 valence electrons. The molecule has 0 radical (unpaired) electrons. The topological polar surface area (TPSA) is 130 Å². The molecule has 0 aliphatic rings. The Bertz CT molecular complexity index is 1160. The predicted molar refractivity (Wildman–Crippen MR) is 114 cm³/mol. The fraction of sp³-hybridized carbons (Fsp3) is 0.0455. The SMILES string of the molecule is Cc1cccc(C(=O)Nc2ccc(C(=O)NNC(=O)c3ccccc3[N+](=O)[O-])cc2)c1. The summed E-state index contributed by atoms with van der Waals surface area (Å²) in [5, 5.41) is 13.7. The summed E-state index contributed by atoms with van der Waals surface area (Å²) in [5.74, 6) is -1.72. The minimum absolute atomic E-state index is 0.179. The number of rotatable bonds is 5. The number of benzene rings is 3. The lowest BCUT2D eigenvalue weighted by Crippen LogP contribution is -2.41. The van der Waals surface area contributed by atoms with Gasteiger partial charge in [0, 0.05) is 22.9 Å². The third kappa shape index (κ3) is 5.30. The second kappa shape index (κ2) is 9.31. The van der Waals surface area contributed by atoms with E-state index < -0.39 is 16.7 Å². The van der Waals surface area contributed by atoms with Crippen molar-refractivity contribution in [1.29, 1.82) is 0 Å². The summed E-state index contributed by atoms with van der Waals surface area (Å²) in [6.07, 6.45) is 0. The number of hydrogen-bond acceptors (Lipinski definition) is 5. The molecular formula is C22H18N4O5. The second-order valence-electron chi connectivity index (χ2n) is 6.58. The van der Waals surface area contributed by atoms with Gasteiger partial charge in [-0.2, -0.15) is 0 Å². The fourth-order valence-electron chi connectivity index (χ4n) is 2.77. The zero-order valence-corrected chi connectivity index (χ0v) is 16.4. The van der Waals surface area contributed by atoms with Gasteiger partial charge in [-0.3, -0.25) is 35.3 Å². The Kier molecular flexibility index (Phi) is 6.36. The highest BCUT2D eigenvalue weighted by Crippen LogP contribution is 2.17. The Morgan fingerprint density at radius 3 is 2.13 bits per heavy atom. The molecule has 3 rings (SSSR count). The molecule has 0 saturated heterocycles. The summed E-state index contributed by atoms with van der Waals surface area (Å²) in [5.41, 5.74) is 6.00. The van der Waals surface area contributed by atoms with Crippen LogP contribution in [-0.4, -0.2) is 22.6 Å². The van der Waals surface area contributed by atoms with Crippen LogP contribution in [0.5, 0.6) is 0 Å². The Labute approximate surface area is 177 Å². The number of carbonyl (C=O) groups is 3. The third-order valence-electron chi connectivity index (χ3n) is 4.32. The van der Waals surface area contributed by atoms with E-state index in [1.54, 1.807) is 30.3 Å². The van der Waals surface area contributed by atoms with Crippen LogP contribution in [0, 0.1) is 17.0 Å². The van der Waals surface area contributed by atoms with E-state index in [0.717, 1.165) is 5.56 Å². The molecule has 0 unspecified atom stereocenters. The van der Waals surface area contributed by atoms with Crippen molar-refractivity contribution in [2.75, 3.05) is 5.32 Å². The monoisotopic (exact) mass is 418 g/mol. The van der Waals surface area contributed by atoms with Gasteiger partial charge in [0.05, 0.1) is 4.92 Å². The Hall–Kier alpha value is -4.53. The first-order valence-electron chi connectivity index (χ1n) is 9.17. The molecule has 3 aromatic carbocycles. The van der Waals surface area contributed by atoms with Crippen molar-refractivity contribution in [3.8, 4) is 0 Å². The quantitative estimate of drug-likeness (QED) is 0.433. The van der Waals surface area contributed by atoms with Crippen molar-refractivity contribution in [3.05, 3.63) is 105 Å². The smallest absolute Gasteiger partial charge is 0.282 e. The van der Waals surface area contributed by atoms with Gasteiger partial charge >= 0.3 is 0 Å². The van der Waals surface area contributed by atoms with Crippen LogP contribution >= 0.6 is 0 Å². The van der Waals surface area contributed by atoms with Gasteiger partial charge in [0.25, 0.3) is 23.4 Å². The Morgan fingerprint density at radius 1 is 0.774 bits per heavy atom. The summed E-state index contributed by atoms with van der Waals surface area (Å²) in [7, 11) is 0. The largest absolute Gasteiger partial charge is 0.322 e. The number of nitro benzene ring substituents is 1. The first kappa shape index (κ1) is 21.2. The maximum absolute atomic E-state index is 12.3. The summed E-state index contributed by atoms with van der Waals surface area (Å²) in [6, 6.07) is 18.6. The third-order valence-corrected chi connectivity index (χ3v) is 4.32. The van der Waals surface area contributed by atoms with Gasteiger partial charge in [-0.1, -0.05) is 29.8 Å². The molecule has 0 saturated carbocycles. The molecule has 0 aliphatic heterocycles. The van der Waals surface area contributed by atoms with Gasteiger partial charge in [-0.15, -0.1) is 0 Å². The number of carbonyl (C=O) groups excluding carboxylic acids is 3. The van der Waals surface area contributed by atoms with Gasteiger partial charge in [0.1, 0.15) is 5.56 Å². The lowest BCUT2D eigenvalue weighted by atomic mass is 10.1. The molecule has 0 fully saturated rings. The average molecular weight is 418 g/mol. The minimum atomic E-state index is -0.817. The molecule has 0 atom stereocenters. The van der Waals surface area contributed by atoms with Gasteiger partial charge in [0.15, 0.2) is 0 Å². The molecular weight excluding hydrogens is 400 g/mol. The van der Waals surface area contributed by atoms with E-state index in [1.807, 2.05) is 13.0 Å². The zero-order chi connectivity index (χ0) is 22.4. The molecule has 9 nitrogen and oxygen atoms in total. The molecule has 0 spiro atoms. The highest BCUT2D eigenvalue weighted by Gasteiger charge is 2.19. The number of nitro groups is 1. The van der Waals surface area contributed by atoms with E-state index in [4.69, 9.17) is 0 Å². The maximum atomic E-state index is 12.3. The molecule has 3 N–H and O–H groups in total. The molecule has 3 aromatic rings. The number of hydrogen-bond donors (Lipinski definition) is 3. The van der Waals surface area contributed by atoms with Crippen LogP contribution in [0.15, 0.2) is 72.8 Å². The van der Waals surface area contributed by atoms with E-state index in [1.165, 1.54) is 36.4 Å². The second-order valence-corrected chi connectivity index (χ2v) is 6.58. The number of nitrogens with zero attached hydrogens (tertiary/aromatic N) is 1. The number of hydrazine groups is 1. The van der Waals surface area contributed by atoms with Crippen LogP contribution < -0.4 is 16.2 Å². The standard InChI is InChI=1S/C22H18N4O5/c1-14-5-4-6-16(13-14)20(27)23-17-11-9-15(10-12-17)21(28)24-25-22(29)18-7-2-3-8-19(18)26(30)31/h2-13H,1H3,(H,23,27)(H,24,28)(H,25,29).